The Hall–Kier alpha value is -1.83. The van der Waals surface area contributed by atoms with Gasteiger partial charge in [-0.2, -0.15) is 0 Å². The van der Waals surface area contributed by atoms with Gasteiger partial charge in [-0.3, -0.25) is 4.98 Å². The summed E-state index contributed by atoms with van der Waals surface area (Å²) < 4.78 is 0. The van der Waals surface area contributed by atoms with E-state index in [0.717, 1.165) is 23.1 Å². The Kier molecular flexibility index (Phi) is 2.91. The number of aromatic hydroxyl groups is 1. The summed E-state index contributed by atoms with van der Waals surface area (Å²) in [6, 6.07) is 7.94. The fourth-order valence-electron chi connectivity index (χ4n) is 1.91. The number of rotatable bonds is 2. The molecule has 0 unspecified atom stereocenters. The molecule has 1 aromatic heterocycles. The van der Waals surface area contributed by atoms with E-state index in [4.69, 9.17) is 0 Å². The molecule has 0 aliphatic heterocycles. The van der Waals surface area contributed by atoms with E-state index < -0.39 is 0 Å². The highest BCUT2D eigenvalue weighted by atomic mass is 16.3. The summed E-state index contributed by atoms with van der Waals surface area (Å²) in [4.78, 5) is 4.07. The van der Waals surface area contributed by atoms with Gasteiger partial charge in [0.25, 0.3) is 0 Å². The molecule has 1 N–H and O–H groups in total. The van der Waals surface area contributed by atoms with Gasteiger partial charge in [0.1, 0.15) is 5.75 Å². The van der Waals surface area contributed by atoms with Crippen LogP contribution in [0.25, 0.3) is 0 Å². The number of phenols is 1. The quantitative estimate of drug-likeness (QED) is 0.831. The lowest BCUT2D eigenvalue weighted by Crippen LogP contribution is -1.92. The molecule has 0 amide bonds. The fourth-order valence-corrected chi connectivity index (χ4v) is 1.91. The highest BCUT2D eigenvalue weighted by Gasteiger charge is 2.06. The molecule has 0 saturated heterocycles. The van der Waals surface area contributed by atoms with E-state index >= 15 is 0 Å². The van der Waals surface area contributed by atoms with Crippen LogP contribution >= 0.6 is 0 Å². The van der Waals surface area contributed by atoms with Crippen molar-refractivity contribution in [3.05, 3.63) is 58.9 Å². The van der Waals surface area contributed by atoms with Crippen LogP contribution in [-0.2, 0) is 6.42 Å². The van der Waals surface area contributed by atoms with Crippen LogP contribution in [0, 0.1) is 13.8 Å². The zero-order valence-electron chi connectivity index (χ0n) is 9.57. The molecule has 16 heavy (non-hydrogen) atoms. The molecule has 2 nitrogen and oxygen atoms in total. The lowest BCUT2D eigenvalue weighted by molar-refractivity contribution is 0.465. The summed E-state index contributed by atoms with van der Waals surface area (Å²) in [6.45, 7) is 3.97. The van der Waals surface area contributed by atoms with Crippen molar-refractivity contribution in [1.82, 2.24) is 4.98 Å². The highest BCUT2D eigenvalue weighted by molar-refractivity contribution is 5.44. The molecular formula is C14H15NO. The molecule has 1 aromatic carbocycles. The zero-order chi connectivity index (χ0) is 11.5. The van der Waals surface area contributed by atoms with Crippen molar-refractivity contribution in [3.8, 4) is 5.75 Å². The summed E-state index contributed by atoms with van der Waals surface area (Å²) in [5.41, 5.74) is 4.18. The topological polar surface area (TPSA) is 33.1 Å². The van der Waals surface area contributed by atoms with Crippen molar-refractivity contribution < 1.29 is 5.11 Å². The standard InChI is InChI=1S/C14H15NO/c1-10-6-11(2)14(16)13(7-10)8-12-4-3-5-15-9-12/h3-7,9,16H,8H2,1-2H3. The summed E-state index contributed by atoms with van der Waals surface area (Å²) in [5, 5.41) is 9.96. The van der Waals surface area contributed by atoms with Crippen LogP contribution in [-0.4, -0.2) is 10.1 Å². The lowest BCUT2D eigenvalue weighted by atomic mass is 10.0. The smallest absolute Gasteiger partial charge is 0.122 e. The van der Waals surface area contributed by atoms with Gasteiger partial charge in [0, 0.05) is 18.8 Å². The van der Waals surface area contributed by atoms with Crippen molar-refractivity contribution in [3.63, 3.8) is 0 Å². The number of aromatic nitrogens is 1. The van der Waals surface area contributed by atoms with E-state index in [9.17, 15) is 5.11 Å². The number of aryl methyl sites for hydroxylation is 2. The summed E-state index contributed by atoms with van der Waals surface area (Å²) >= 11 is 0. The second kappa shape index (κ2) is 4.35. The normalized spacial score (nSPS) is 10.4. The largest absolute Gasteiger partial charge is 0.507 e. The van der Waals surface area contributed by atoms with E-state index in [1.165, 1.54) is 5.56 Å². The summed E-state index contributed by atoms with van der Waals surface area (Å²) in [5.74, 6) is 0.398. The molecule has 2 aromatic rings. The maximum absolute atomic E-state index is 9.96. The first-order valence-electron chi connectivity index (χ1n) is 5.35. The molecule has 0 fully saturated rings. The highest BCUT2D eigenvalue weighted by Crippen LogP contribution is 2.25. The van der Waals surface area contributed by atoms with E-state index in [1.807, 2.05) is 44.3 Å². The molecule has 0 saturated carbocycles. The van der Waals surface area contributed by atoms with Crippen molar-refractivity contribution in [1.29, 1.82) is 0 Å². The Labute approximate surface area is 95.6 Å². The van der Waals surface area contributed by atoms with Crippen molar-refractivity contribution in [2.75, 3.05) is 0 Å². The molecule has 0 atom stereocenters. The maximum Gasteiger partial charge on any atom is 0.122 e. The first kappa shape index (κ1) is 10.7. The van der Waals surface area contributed by atoms with E-state index in [-0.39, 0.29) is 0 Å². The van der Waals surface area contributed by atoms with E-state index in [0.29, 0.717) is 5.75 Å². The van der Waals surface area contributed by atoms with Crippen LogP contribution in [0.2, 0.25) is 0 Å². The molecule has 0 aliphatic rings. The predicted molar refractivity (Wildman–Crippen MR) is 64.6 cm³/mol. The van der Waals surface area contributed by atoms with Gasteiger partial charge in [-0.25, -0.2) is 0 Å². The molecule has 0 aliphatic carbocycles. The number of pyridine rings is 1. The van der Waals surface area contributed by atoms with Crippen LogP contribution in [0.5, 0.6) is 5.75 Å². The van der Waals surface area contributed by atoms with Crippen LogP contribution in [0.3, 0.4) is 0 Å². The first-order chi connectivity index (χ1) is 7.66. The second-order valence-electron chi connectivity index (χ2n) is 4.13. The Bertz CT molecular complexity index is 492. The van der Waals surface area contributed by atoms with Crippen LogP contribution in [0.1, 0.15) is 22.3 Å². The van der Waals surface area contributed by atoms with Crippen molar-refractivity contribution >= 4 is 0 Å². The van der Waals surface area contributed by atoms with Crippen LogP contribution in [0.4, 0.5) is 0 Å². The SMILES string of the molecule is Cc1cc(C)c(O)c(Cc2cccnc2)c1. The average Bonchev–Trinajstić information content (AvgIpc) is 2.27. The van der Waals surface area contributed by atoms with Crippen molar-refractivity contribution in [2.45, 2.75) is 20.3 Å². The van der Waals surface area contributed by atoms with Gasteiger partial charge in [0.05, 0.1) is 0 Å². The third-order valence-electron chi connectivity index (χ3n) is 2.64. The molecule has 1 heterocycles. The van der Waals surface area contributed by atoms with E-state index in [2.05, 4.69) is 4.98 Å². The molecule has 2 rings (SSSR count). The minimum Gasteiger partial charge on any atom is -0.507 e. The number of hydrogen-bond acceptors (Lipinski definition) is 2. The first-order valence-corrected chi connectivity index (χ1v) is 5.35. The number of benzene rings is 1. The average molecular weight is 213 g/mol. The Morgan fingerprint density at radius 3 is 2.75 bits per heavy atom. The van der Waals surface area contributed by atoms with Crippen LogP contribution < -0.4 is 0 Å². The Morgan fingerprint density at radius 2 is 2.06 bits per heavy atom. The van der Waals surface area contributed by atoms with Gasteiger partial charge < -0.3 is 5.11 Å². The van der Waals surface area contributed by atoms with Crippen LogP contribution in [0.15, 0.2) is 36.7 Å². The predicted octanol–water partition coefficient (Wildman–Crippen LogP) is 2.99. The second-order valence-corrected chi connectivity index (χ2v) is 4.13. The fraction of sp³-hybridized carbons (Fsp3) is 0.214. The van der Waals surface area contributed by atoms with E-state index in [1.54, 1.807) is 6.20 Å². The number of nitrogens with zero attached hydrogens (tertiary/aromatic N) is 1. The minimum absolute atomic E-state index is 0.398. The third-order valence-corrected chi connectivity index (χ3v) is 2.64. The van der Waals surface area contributed by atoms with Gasteiger partial charge >= 0.3 is 0 Å². The van der Waals surface area contributed by atoms with Gasteiger partial charge in [-0.1, -0.05) is 23.8 Å². The zero-order valence-corrected chi connectivity index (χ0v) is 9.57. The monoisotopic (exact) mass is 213 g/mol. The summed E-state index contributed by atoms with van der Waals surface area (Å²) in [6.07, 6.45) is 4.31. The maximum atomic E-state index is 9.96. The molecule has 0 bridgehead atoms. The Morgan fingerprint density at radius 1 is 1.25 bits per heavy atom. The Balaban J connectivity index is 2.35. The summed E-state index contributed by atoms with van der Waals surface area (Å²) in [7, 11) is 0. The third kappa shape index (κ3) is 2.22. The number of phenolic OH excluding ortho intramolecular Hbond substituents is 1. The number of hydrogen-bond donors (Lipinski definition) is 1. The van der Waals surface area contributed by atoms with Gasteiger partial charge in [-0.05, 0) is 36.6 Å². The molecule has 82 valence electrons. The molecular weight excluding hydrogens is 198 g/mol. The van der Waals surface area contributed by atoms with Crippen molar-refractivity contribution in [2.24, 2.45) is 0 Å². The van der Waals surface area contributed by atoms with Gasteiger partial charge in [0.15, 0.2) is 0 Å². The molecule has 0 spiro atoms. The van der Waals surface area contributed by atoms with Gasteiger partial charge in [-0.15, -0.1) is 0 Å². The lowest BCUT2D eigenvalue weighted by Gasteiger charge is -2.08. The molecule has 0 radical (unpaired) electrons. The van der Waals surface area contributed by atoms with Gasteiger partial charge in [0.2, 0.25) is 0 Å². The minimum atomic E-state index is 0.398. The molecule has 2 heteroatoms.